The van der Waals surface area contributed by atoms with E-state index < -0.39 is 20.2 Å². The van der Waals surface area contributed by atoms with E-state index >= 15 is 0 Å². The molecule has 0 radical (unpaired) electrons. The van der Waals surface area contributed by atoms with Crippen molar-refractivity contribution in [2.75, 3.05) is 6.61 Å². The van der Waals surface area contributed by atoms with Crippen molar-refractivity contribution in [1.82, 2.24) is 0 Å². The maximum absolute atomic E-state index is 11.6. The molecule has 0 bridgehead atoms. The third kappa shape index (κ3) is 3.24. The van der Waals surface area contributed by atoms with Gasteiger partial charge in [0.05, 0.1) is 0 Å². The topological polar surface area (TPSA) is 46.5 Å². The van der Waals surface area contributed by atoms with Crippen molar-refractivity contribution >= 4 is 26.2 Å². The van der Waals surface area contributed by atoms with E-state index in [0.29, 0.717) is 5.56 Å². The molecule has 1 N–H and O–H groups in total. The number of hydrogen-bond donors (Lipinski definition) is 1. The van der Waals surface area contributed by atoms with Gasteiger partial charge in [0.15, 0.2) is 0 Å². The van der Waals surface area contributed by atoms with Gasteiger partial charge in [0.25, 0.3) is 0 Å². The molecular weight excluding hydrogens is 343 g/mol. The number of hydrogen-bond acceptors (Lipinski definition) is 3. The Labute approximate surface area is 114 Å². The van der Waals surface area contributed by atoms with Crippen LogP contribution in [0.3, 0.4) is 0 Å². The summed E-state index contributed by atoms with van der Waals surface area (Å²) in [4.78, 5) is 11.6. The summed E-state index contributed by atoms with van der Waals surface area (Å²) in [6.07, 6.45) is 3.64. The molecule has 1 aromatic carbocycles. The monoisotopic (exact) mass is 358 g/mol. The van der Waals surface area contributed by atoms with Gasteiger partial charge in [0, 0.05) is 0 Å². The first kappa shape index (κ1) is 13.4. The molecule has 0 aliphatic carbocycles. The zero-order valence-corrected chi connectivity index (χ0v) is 12.1. The average Bonchev–Trinajstić information content (AvgIpc) is 2.71. The second-order valence-electron chi connectivity index (χ2n) is 3.90. The van der Waals surface area contributed by atoms with E-state index in [4.69, 9.17) is 8.17 Å². The Kier molecular flexibility index (Phi) is 5.02. The van der Waals surface area contributed by atoms with E-state index in [1.54, 1.807) is 6.07 Å². The molecule has 0 spiro atoms. The SMILES string of the molecule is O=C1OI(C#CCCCCCO)c2ccccc21. The fourth-order valence-electron chi connectivity index (χ4n) is 1.61. The molecule has 1 heterocycles. The van der Waals surface area contributed by atoms with Crippen LogP contribution in [0.4, 0.5) is 0 Å². The van der Waals surface area contributed by atoms with Crippen molar-refractivity contribution in [3.05, 3.63) is 33.4 Å². The summed E-state index contributed by atoms with van der Waals surface area (Å²) in [7, 11) is 0. The van der Waals surface area contributed by atoms with Gasteiger partial charge in [0.1, 0.15) is 0 Å². The van der Waals surface area contributed by atoms with Crippen LogP contribution in [0.2, 0.25) is 0 Å². The van der Waals surface area contributed by atoms with Crippen LogP contribution in [-0.4, -0.2) is 17.7 Å². The molecule has 0 saturated carbocycles. The maximum atomic E-state index is 11.6. The predicted molar refractivity (Wildman–Crippen MR) is 77.9 cm³/mol. The molecule has 0 amide bonds. The Bertz CT molecular complexity index is 487. The van der Waals surface area contributed by atoms with Crippen molar-refractivity contribution in [2.45, 2.75) is 25.7 Å². The first-order valence-corrected chi connectivity index (χ1v) is 8.98. The zero-order chi connectivity index (χ0) is 12.8. The third-order valence-corrected chi connectivity index (χ3v) is 6.25. The van der Waals surface area contributed by atoms with E-state index in [-0.39, 0.29) is 12.6 Å². The van der Waals surface area contributed by atoms with Crippen LogP contribution in [0.1, 0.15) is 36.0 Å². The Morgan fingerprint density at radius 1 is 1.22 bits per heavy atom. The molecule has 4 heteroatoms. The predicted octanol–water partition coefficient (Wildman–Crippen LogP) is 2.96. The first-order valence-electron chi connectivity index (χ1n) is 5.94. The molecule has 0 saturated heterocycles. The Morgan fingerprint density at radius 3 is 2.89 bits per heavy atom. The van der Waals surface area contributed by atoms with Gasteiger partial charge in [-0.05, 0) is 0 Å². The zero-order valence-electron chi connectivity index (χ0n) is 9.99. The van der Waals surface area contributed by atoms with Gasteiger partial charge >= 0.3 is 115 Å². The molecule has 0 aromatic heterocycles. The van der Waals surface area contributed by atoms with Crippen LogP contribution in [-0.2, 0) is 3.07 Å². The van der Waals surface area contributed by atoms with Crippen LogP contribution in [0, 0.1) is 13.4 Å². The van der Waals surface area contributed by atoms with Crippen molar-refractivity contribution < 1.29 is 13.0 Å². The summed E-state index contributed by atoms with van der Waals surface area (Å²) in [6.45, 7) is 0.247. The standard InChI is InChI=1S/C14H15IO3/c16-11-7-3-1-2-6-10-15-13-9-5-4-8-12(13)14(17)18-15/h4-5,8-9,16H,1-3,7,11H2. The average molecular weight is 358 g/mol. The fraction of sp³-hybridized carbons (Fsp3) is 0.357. The number of halogens is 1. The summed E-state index contributed by atoms with van der Waals surface area (Å²) in [5.41, 5.74) is 0.692. The summed E-state index contributed by atoms with van der Waals surface area (Å²) in [6, 6.07) is 7.53. The Hall–Kier alpha value is -1.06. The van der Waals surface area contributed by atoms with Crippen molar-refractivity contribution in [3.8, 4) is 9.85 Å². The van der Waals surface area contributed by atoms with Crippen LogP contribution in [0.15, 0.2) is 24.3 Å². The summed E-state index contributed by atoms with van der Waals surface area (Å²) in [5.74, 6) is 2.89. The number of aliphatic hydroxyl groups excluding tert-OH is 1. The molecular formula is C14H15IO3. The van der Waals surface area contributed by atoms with Crippen LogP contribution >= 0.6 is 20.2 Å². The van der Waals surface area contributed by atoms with Crippen molar-refractivity contribution in [2.24, 2.45) is 0 Å². The van der Waals surface area contributed by atoms with Gasteiger partial charge in [-0.1, -0.05) is 0 Å². The number of carbonyl (C=O) groups excluding carboxylic acids is 1. The quantitative estimate of drug-likeness (QED) is 0.512. The van der Waals surface area contributed by atoms with Crippen molar-refractivity contribution in [1.29, 1.82) is 0 Å². The fourth-order valence-corrected chi connectivity index (χ4v) is 4.96. The second kappa shape index (κ2) is 6.76. The number of benzene rings is 1. The minimum absolute atomic E-state index is 0.217. The van der Waals surface area contributed by atoms with Gasteiger partial charge in [-0.25, -0.2) is 0 Å². The molecule has 18 heavy (non-hydrogen) atoms. The Balaban J connectivity index is 1.92. The number of fused-ring (bicyclic) bond motifs is 1. The van der Waals surface area contributed by atoms with Gasteiger partial charge in [-0.2, -0.15) is 0 Å². The molecule has 1 aliphatic rings. The van der Waals surface area contributed by atoms with Gasteiger partial charge in [0.2, 0.25) is 0 Å². The molecule has 3 nitrogen and oxygen atoms in total. The van der Waals surface area contributed by atoms with E-state index in [9.17, 15) is 4.79 Å². The van der Waals surface area contributed by atoms with Gasteiger partial charge in [-0.15, -0.1) is 0 Å². The van der Waals surface area contributed by atoms with Crippen LogP contribution in [0.5, 0.6) is 0 Å². The summed E-state index contributed by atoms with van der Waals surface area (Å²) in [5, 5.41) is 8.65. The number of rotatable bonds is 4. The number of unbranched alkanes of at least 4 members (excludes halogenated alkanes) is 3. The second-order valence-corrected chi connectivity index (χ2v) is 7.46. The van der Waals surface area contributed by atoms with Crippen LogP contribution in [0.25, 0.3) is 0 Å². The summed E-state index contributed by atoms with van der Waals surface area (Å²) >= 11 is -2.04. The van der Waals surface area contributed by atoms with E-state index in [1.165, 1.54) is 0 Å². The molecule has 0 fully saturated rings. The molecule has 0 unspecified atom stereocenters. The molecule has 0 atom stereocenters. The van der Waals surface area contributed by atoms with Gasteiger partial charge in [-0.3, -0.25) is 0 Å². The molecule has 2 rings (SSSR count). The Morgan fingerprint density at radius 2 is 2.06 bits per heavy atom. The first-order chi connectivity index (χ1) is 8.83. The van der Waals surface area contributed by atoms with E-state index in [2.05, 4.69) is 9.85 Å². The van der Waals surface area contributed by atoms with E-state index in [0.717, 1.165) is 29.3 Å². The molecule has 1 aliphatic heterocycles. The molecule has 96 valence electrons. The third-order valence-electron chi connectivity index (χ3n) is 2.54. The summed E-state index contributed by atoms with van der Waals surface area (Å²) < 4.78 is 9.53. The number of carbonyl (C=O) groups is 1. The van der Waals surface area contributed by atoms with Crippen molar-refractivity contribution in [3.63, 3.8) is 0 Å². The molecule has 1 aromatic rings. The minimum atomic E-state index is -2.04. The number of aliphatic hydroxyl groups is 1. The van der Waals surface area contributed by atoms with Gasteiger partial charge < -0.3 is 0 Å². The van der Waals surface area contributed by atoms with Crippen LogP contribution < -0.4 is 0 Å². The normalized spacial score (nSPS) is 14.7. The van der Waals surface area contributed by atoms with E-state index in [1.807, 2.05) is 18.2 Å².